The van der Waals surface area contributed by atoms with Gasteiger partial charge in [-0.3, -0.25) is 9.59 Å². The van der Waals surface area contributed by atoms with Crippen LogP contribution in [0, 0.1) is 5.41 Å². The zero-order chi connectivity index (χ0) is 14.6. The topological polar surface area (TPSA) is 78.4 Å². The summed E-state index contributed by atoms with van der Waals surface area (Å²) < 4.78 is 0. The number of carboxylic acids is 1. The fourth-order valence-corrected chi connectivity index (χ4v) is 1.60. The van der Waals surface area contributed by atoms with Crippen molar-refractivity contribution >= 4 is 11.9 Å². The Hall–Kier alpha value is -1.10. The van der Waals surface area contributed by atoms with Crippen molar-refractivity contribution in [2.24, 2.45) is 5.41 Å². The molecule has 106 valence electrons. The monoisotopic (exact) mass is 258 g/mol. The van der Waals surface area contributed by atoms with Gasteiger partial charge < -0.3 is 15.7 Å². The summed E-state index contributed by atoms with van der Waals surface area (Å²) in [6.45, 7) is 9.60. The number of hydrogen-bond donors (Lipinski definition) is 3. The number of amides is 1. The highest BCUT2D eigenvalue weighted by atomic mass is 16.4. The molecule has 1 unspecified atom stereocenters. The zero-order valence-corrected chi connectivity index (χ0v) is 12.3. The molecular formula is C13H26N2O3. The fourth-order valence-electron chi connectivity index (χ4n) is 1.60. The molecule has 0 aliphatic heterocycles. The lowest BCUT2D eigenvalue weighted by atomic mass is 9.86. The van der Waals surface area contributed by atoms with Crippen LogP contribution in [0.2, 0.25) is 0 Å². The number of carbonyl (C=O) groups is 2. The molecule has 0 saturated carbocycles. The molecule has 1 atom stereocenters. The van der Waals surface area contributed by atoms with Crippen LogP contribution in [-0.2, 0) is 9.59 Å². The van der Waals surface area contributed by atoms with Gasteiger partial charge in [-0.15, -0.1) is 0 Å². The highest BCUT2D eigenvalue weighted by molar-refractivity contribution is 5.86. The molecule has 0 rings (SSSR count). The summed E-state index contributed by atoms with van der Waals surface area (Å²) in [5.74, 6) is -1.08. The Kier molecular flexibility index (Phi) is 5.80. The molecule has 0 aromatic heterocycles. The first-order valence-corrected chi connectivity index (χ1v) is 6.19. The minimum Gasteiger partial charge on any atom is -0.481 e. The van der Waals surface area contributed by atoms with Gasteiger partial charge in [0.1, 0.15) is 0 Å². The van der Waals surface area contributed by atoms with Gasteiger partial charge >= 0.3 is 5.97 Å². The van der Waals surface area contributed by atoms with Gasteiger partial charge in [0.15, 0.2) is 0 Å². The van der Waals surface area contributed by atoms with Gasteiger partial charge in [-0.25, -0.2) is 0 Å². The van der Waals surface area contributed by atoms with Crippen molar-refractivity contribution in [2.75, 3.05) is 7.05 Å². The van der Waals surface area contributed by atoms with Crippen LogP contribution in [0.1, 0.15) is 47.5 Å². The minimum absolute atomic E-state index is 0.0306. The summed E-state index contributed by atoms with van der Waals surface area (Å²) in [5, 5.41) is 14.6. The van der Waals surface area contributed by atoms with Crippen LogP contribution < -0.4 is 10.6 Å². The van der Waals surface area contributed by atoms with Gasteiger partial charge in [-0.1, -0.05) is 20.8 Å². The Morgan fingerprint density at radius 1 is 1.17 bits per heavy atom. The Morgan fingerprint density at radius 2 is 1.67 bits per heavy atom. The number of hydrogen-bond acceptors (Lipinski definition) is 3. The van der Waals surface area contributed by atoms with Crippen LogP contribution in [0.25, 0.3) is 0 Å². The lowest BCUT2D eigenvalue weighted by Gasteiger charge is -2.30. The van der Waals surface area contributed by atoms with Crippen LogP contribution in [0.3, 0.4) is 0 Å². The van der Waals surface area contributed by atoms with Crippen LogP contribution in [0.15, 0.2) is 0 Å². The first-order chi connectivity index (χ1) is 7.98. The summed E-state index contributed by atoms with van der Waals surface area (Å²) in [5.41, 5.74) is -0.730. The van der Waals surface area contributed by atoms with Gasteiger partial charge in [0.05, 0.1) is 12.0 Å². The van der Waals surface area contributed by atoms with Crippen molar-refractivity contribution in [2.45, 2.75) is 59.0 Å². The maximum atomic E-state index is 12.0. The van der Waals surface area contributed by atoms with Gasteiger partial charge in [0, 0.05) is 6.04 Å². The number of carbonyl (C=O) groups excluding carboxylic acids is 1. The van der Waals surface area contributed by atoms with E-state index < -0.39 is 11.5 Å². The number of carboxylic acid groups (broad SMARTS) is 1. The summed E-state index contributed by atoms with van der Waals surface area (Å²) in [6.07, 6.45) is 0.577. The average Bonchev–Trinajstić information content (AvgIpc) is 2.13. The smallest absolute Gasteiger partial charge is 0.305 e. The summed E-state index contributed by atoms with van der Waals surface area (Å²) >= 11 is 0. The van der Waals surface area contributed by atoms with Crippen molar-refractivity contribution in [3.8, 4) is 0 Å². The molecule has 0 aliphatic carbocycles. The molecule has 0 spiro atoms. The second-order valence-corrected chi connectivity index (χ2v) is 6.41. The summed E-state index contributed by atoms with van der Waals surface area (Å²) in [4.78, 5) is 22.8. The highest BCUT2D eigenvalue weighted by Gasteiger charge is 2.29. The molecule has 5 nitrogen and oxygen atoms in total. The normalized spacial score (nSPS) is 14.1. The van der Waals surface area contributed by atoms with E-state index in [1.54, 1.807) is 20.9 Å². The maximum absolute atomic E-state index is 12.0. The van der Waals surface area contributed by atoms with Crippen molar-refractivity contribution < 1.29 is 14.7 Å². The molecule has 0 radical (unpaired) electrons. The molecule has 5 heteroatoms. The number of likely N-dealkylation sites (N-methyl/N-ethyl adjacent to an activating group) is 1. The van der Waals surface area contributed by atoms with E-state index in [-0.39, 0.29) is 23.8 Å². The molecule has 0 aliphatic rings. The molecule has 3 N–H and O–H groups in total. The number of nitrogens with one attached hydrogen (secondary N) is 2. The molecule has 18 heavy (non-hydrogen) atoms. The Labute approximate surface area is 109 Å². The molecule has 0 fully saturated rings. The van der Waals surface area contributed by atoms with E-state index >= 15 is 0 Å². The molecule has 1 amide bonds. The van der Waals surface area contributed by atoms with Crippen LogP contribution in [0.4, 0.5) is 0 Å². The summed E-state index contributed by atoms with van der Waals surface area (Å²) in [6, 6.07) is -0.345. The third-order valence-electron chi connectivity index (χ3n) is 2.81. The van der Waals surface area contributed by atoms with E-state index in [0.717, 1.165) is 0 Å². The predicted octanol–water partition coefficient (Wildman–Crippen LogP) is 1.38. The number of rotatable bonds is 6. The van der Waals surface area contributed by atoms with Crippen LogP contribution in [-0.4, -0.2) is 35.6 Å². The van der Waals surface area contributed by atoms with Gasteiger partial charge in [-0.05, 0) is 32.7 Å². The molecular weight excluding hydrogens is 232 g/mol. The van der Waals surface area contributed by atoms with Crippen LogP contribution in [0.5, 0.6) is 0 Å². The van der Waals surface area contributed by atoms with Gasteiger partial charge in [0.25, 0.3) is 0 Å². The standard InChI is InChI=1S/C13H26N2O3/c1-12(2,3)8-9(7-10(16)17)15-11(18)13(4,5)14-6/h9,14H,7-8H2,1-6H3,(H,15,18)(H,16,17). The summed E-state index contributed by atoms with van der Waals surface area (Å²) in [7, 11) is 1.70. The molecule has 0 aromatic carbocycles. The molecule has 0 heterocycles. The van der Waals surface area contributed by atoms with E-state index in [1.807, 2.05) is 20.8 Å². The van der Waals surface area contributed by atoms with E-state index in [2.05, 4.69) is 10.6 Å². The van der Waals surface area contributed by atoms with Crippen molar-refractivity contribution in [3.05, 3.63) is 0 Å². The first kappa shape index (κ1) is 16.9. The Morgan fingerprint density at radius 3 is 2.00 bits per heavy atom. The zero-order valence-electron chi connectivity index (χ0n) is 12.3. The predicted molar refractivity (Wildman–Crippen MR) is 71.4 cm³/mol. The SMILES string of the molecule is CNC(C)(C)C(=O)NC(CC(=O)O)CC(C)(C)C. The van der Waals surface area contributed by atoms with E-state index in [1.165, 1.54) is 0 Å². The van der Waals surface area contributed by atoms with Gasteiger partial charge in [0.2, 0.25) is 5.91 Å². The van der Waals surface area contributed by atoms with E-state index in [0.29, 0.717) is 6.42 Å². The third-order valence-corrected chi connectivity index (χ3v) is 2.81. The van der Waals surface area contributed by atoms with E-state index in [4.69, 9.17) is 5.11 Å². The Bertz CT molecular complexity index is 306. The highest BCUT2D eigenvalue weighted by Crippen LogP contribution is 2.22. The first-order valence-electron chi connectivity index (χ1n) is 6.19. The van der Waals surface area contributed by atoms with Gasteiger partial charge in [-0.2, -0.15) is 0 Å². The van der Waals surface area contributed by atoms with Crippen molar-refractivity contribution in [1.82, 2.24) is 10.6 Å². The second kappa shape index (κ2) is 6.18. The van der Waals surface area contributed by atoms with Crippen LogP contribution >= 0.6 is 0 Å². The molecule has 0 saturated heterocycles. The number of aliphatic carboxylic acids is 1. The van der Waals surface area contributed by atoms with Crippen molar-refractivity contribution in [3.63, 3.8) is 0 Å². The fraction of sp³-hybridized carbons (Fsp3) is 0.846. The minimum atomic E-state index is -0.896. The Balaban J connectivity index is 4.69. The van der Waals surface area contributed by atoms with E-state index in [9.17, 15) is 9.59 Å². The second-order valence-electron chi connectivity index (χ2n) is 6.41. The lowest BCUT2D eigenvalue weighted by Crippen LogP contribution is -2.54. The maximum Gasteiger partial charge on any atom is 0.305 e. The quantitative estimate of drug-likeness (QED) is 0.672. The third kappa shape index (κ3) is 6.59. The molecule has 0 bridgehead atoms. The molecule has 0 aromatic rings. The lowest BCUT2D eigenvalue weighted by molar-refractivity contribution is -0.138. The largest absolute Gasteiger partial charge is 0.481 e. The van der Waals surface area contributed by atoms with Crippen molar-refractivity contribution in [1.29, 1.82) is 0 Å². The average molecular weight is 258 g/mol.